The van der Waals surface area contributed by atoms with E-state index in [1.807, 2.05) is 0 Å². The smallest absolute Gasteiger partial charge is 0.411 e. The summed E-state index contributed by atoms with van der Waals surface area (Å²) in [5.74, 6) is -1.34. The van der Waals surface area contributed by atoms with Crippen LogP contribution in [0.5, 0.6) is 0 Å². The summed E-state index contributed by atoms with van der Waals surface area (Å²) < 4.78 is 43.7. The molecule has 226 valence electrons. The van der Waals surface area contributed by atoms with Crippen molar-refractivity contribution >= 4 is 35.4 Å². The molecule has 0 saturated carbocycles. The highest BCUT2D eigenvalue weighted by atomic mass is 35.5. The Morgan fingerprint density at radius 1 is 1.21 bits per heavy atom. The number of nitrogens with one attached hydrogen (secondary N) is 1. The lowest BCUT2D eigenvalue weighted by Crippen LogP contribution is -2.65. The van der Waals surface area contributed by atoms with Gasteiger partial charge in [0, 0.05) is 25.5 Å². The molecule has 3 aliphatic heterocycles. The molecule has 14 heteroatoms. The molecule has 0 aromatic heterocycles. The number of hydrogen-bond donors (Lipinski definition) is 4. The number of nitrogens with zero attached hydrogens (tertiary/aromatic N) is 1. The molecule has 3 fully saturated rings. The first-order valence-corrected chi connectivity index (χ1v) is 14.9. The predicted molar refractivity (Wildman–Crippen MR) is 141 cm³/mol. The Labute approximate surface area is 237 Å². The van der Waals surface area contributed by atoms with Gasteiger partial charge in [0.15, 0.2) is 0 Å². The molecule has 3 aliphatic rings. The van der Waals surface area contributed by atoms with E-state index in [0.717, 1.165) is 11.8 Å². The number of aliphatic hydroxyl groups excluding tert-OH is 3. The first-order chi connectivity index (χ1) is 18.1. The highest BCUT2D eigenvalue weighted by molar-refractivity contribution is 7.99. The van der Waals surface area contributed by atoms with E-state index < -0.39 is 77.4 Å². The molecule has 3 heterocycles. The van der Waals surface area contributed by atoms with Crippen molar-refractivity contribution in [3.05, 3.63) is 0 Å². The fraction of sp³-hybridized carbons (Fsp3) is 0.920. The number of hydrogen-bond acceptors (Lipinski definition) is 9. The average molecular weight is 603 g/mol. The van der Waals surface area contributed by atoms with Crippen LogP contribution in [-0.2, 0) is 19.0 Å². The lowest BCUT2D eigenvalue weighted by atomic mass is 9.88. The second-order valence-corrected chi connectivity index (χ2v) is 13.2. The van der Waals surface area contributed by atoms with Crippen molar-refractivity contribution in [3.63, 3.8) is 0 Å². The number of rotatable bonds is 7. The van der Waals surface area contributed by atoms with Crippen molar-refractivity contribution < 1.29 is 47.9 Å². The summed E-state index contributed by atoms with van der Waals surface area (Å²) in [6.45, 7) is 6.90. The summed E-state index contributed by atoms with van der Waals surface area (Å²) in [7, 11) is 0. The third kappa shape index (κ3) is 7.87. The molecule has 0 aliphatic carbocycles. The molecule has 39 heavy (non-hydrogen) atoms. The molecule has 2 amide bonds. The molecule has 4 N–H and O–H groups in total. The average Bonchev–Trinajstić information content (AvgIpc) is 3.07. The second kappa shape index (κ2) is 13.3. The monoisotopic (exact) mass is 602 g/mol. The molecule has 3 rings (SSSR count). The molecular formula is C25H41ClF2N2O8S. The van der Waals surface area contributed by atoms with Gasteiger partial charge in [-0.1, -0.05) is 0 Å². The van der Waals surface area contributed by atoms with E-state index in [9.17, 15) is 33.7 Å². The topological polar surface area (TPSA) is 138 Å². The van der Waals surface area contributed by atoms with E-state index in [1.165, 1.54) is 4.90 Å². The minimum atomic E-state index is -2.47. The fourth-order valence-corrected chi connectivity index (χ4v) is 6.48. The Hall–Kier alpha value is -0.960. The van der Waals surface area contributed by atoms with Gasteiger partial charge in [0.25, 0.3) is 0 Å². The standard InChI is InChI=1S/C25H41ClF2N2O8S/c1-11(26)15(21-18(32)17(31)19(33)23(37-21)39-5)29-22(34)16-20-13(8-12(6-7-36-20)9-14(27)28)10-30(16)24(35)38-25(2,3)4/h11-21,23,31-33H,6-10H2,1-5H3,(H,29,34)/t11-,12+,13-,15+,16-,17?,18?,19+,20+,21+,23?/m0/s1. The van der Waals surface area contributed by atoms with Gasteiger partial charge in [-0.25, -0.2) is 13.6 Å². The van der Waals surface area contributed by atoms with E-state index in [4.69, 9.17) is 25.8 Å². The van der Waals surface area contributed by atoms with Gasteiger partial charge in [0.05, 0.1) is 17.5 Å². The van der Waals surface area contributed by atoms with Gasteiger partial charge < -0.3 is 34.8 Å². The molecule has 0 aromatic rings. The SMILES string of the molecule is CSC1O[C@H]([C@H](NC(=O)[C@@H]2[C@@H]3OCC[C@@H](CC(F)F)C[C@H]3CN2C(=O)OC(C)(C)C)[C@H](C)Cl)C(O)C(O)[C@H]1O. The number of fused-ring (bicyclic) bond motifs is 1. The highest BCUT2D eigenvalue weighted by Gasteiger charge is 2.53. The number of alkyl halides is 3. The molecule has 11 atom stereocenters. The van der Waals surface area contributed by atoms with Crippen molar-refractivity contribution in [2.24, 2.45) is 11.8 Å². The molecule has 3 unspecified atom stereocenters. The van der Waals surface area contributed by atoms with Gasteiger partial charge in [-0.3, -0.25) is 9.69 Å². The van der Waals surface area contributed by atoms with Crippen LogP contribution in [0.25, 0.3) is 0 Å². The number of carbonyl (C=O) groups excluding carboxylic acids is 2. The van der Waals surface area contributed by atoms with Crippen LogP contribution in [0.1, 0.15) is 47.0 Å². The Balaban J connectivity index is 1.87. The van der Waals surface area contributed by atoms with Gasteiger partial charge in [-0.05, 0) is 52.7 Å². The van der Waals surface area contributed by atoms with Crippen molar-refractivity contribution in [2.75, 3.05) is 19.4 Å². The number of ether oxygens (including phenoxy) is 3. The Morgan fingerprint density at radius 2 is 1.87 bits per heavy atom. The van der Waals surface area contributed by atoms with Crippen LogP contribution in [0, 0.1) is 11.8 Å². The van der Waals surface area contributed by atoms with Crippen LogP contribution in [0.15, 0.2) is 0 Å². The van der Waals surface area contributed by atoms with Crippen molar-refractivity contribution in [1.29, 1.82) is 0 Å². The molecule has 3 saturated heterocycles. The first-order valence-electron chi connectivity index (χ1n) is 13.2. The number of thioether (sulfide) groups is 1. The zero-order valence-corrected chi connectivity index (χ0v) is 24.4. The fourth-order valence-electron chi connectivity index (χ4n) is 5.60. The van der Waals surface area contributed by atoms with Crippen LogP contribution in [0.2, 0.25) is 0 Å². The first kappa shape index (κ1) is 32.6. The molecule has 10 nitrogen and oxygen atoms in total. The highest BCUT2D eigenvalue weighted by Crippen LogP contribution is 2.38. The van der Waals surface area contributed by atoms with E-state index in [-0.39, 0.29) is 31.4 Å². The van der Waals surface area contributed by atoms with Crippen LogP contribution < -0.4 is 5.32 Å². The molecule has 0 aromatic carbocycles. The quantitative estimate of drug-likeness (QED) is 0.322. The summed E-state index contributed by atoms with van der Waals surface area (Å²) >= 11 is 7.55. The van der Waals surface area contributed by atoms with Crippen molar-refractivity contribution in [2.45, 2.75) is 112 Å². The van der Waals surface area contributed by atoms with E-state index in [0.29, 0.717) is 12.8 Å². The number of aliphatic hydroxyl groups is 3. The van der Waals surface area contributed by atoms with Crippen LogP contribution >= 0.6 is 23.4 Å². The van der Waals surface area contributed by atoms with E-state index >= 15 is 0 Å². The van der Waals surface area contributed by atoms with Crippen molar-refractivity contribution in [1.82, 2.24) is 10.2 Å². The molecule has 0 radical (unpaired) electrons. The van der Waals surface area contributed by atoms with Crippen LogP contribution in [-0.4, -0.2) is 117 Å². The van der Waals surface area contributed by atoms with Gasteiger partial charge >= 0.3 is 6.09 Å². The third-order valence-corrected chi connectivity index (χ3v) is 8.55. The summed E-state index contributed by atoms with van der Waals surface area (Å²) in [4.78, 5) is 28.3. The second-order valence-electron chi connectivity index (χ2n) is 11.6. The summed E-state index contributed by atoms with van der Waals surface area (Å²) in [6, 6.07) is -2.18. The van der Waals surface area contributed by atoms with E-state index in [2.05, 4.69) is 5.32 Å². The van der Waals surface area contributed by atoms with Crippen LogP contribution in [0.4, 0.5) is 13.6 Å². The lowest BCUT2D eigenvalue weighted by Gasteiger charge is -2.44. The number of likely N-dealkylation sites (tertiary alicyclic amines) is 1. The third-order valence-electron chi connectivity index (χ3n) is 7.42. The Morgan fingerprint density at radius 3 is 2.44 bits per heavy atom. The lowest BCUT2D eigenvalue weighted by molar-refractivity contribution is -0.205. The minimum Gasteiger partial charge on any atom is -0.444 e. The van der Waals surface area contributed by atoms with Crippen LogP contribution in [0.3, 0.4) is 0 Å². The maximum atomic E-state index is 13.8. The molecule has 0 spiro atoms. The van der Waals surface area contributed by atoms with Gasteiger partial charge in [-0.15, -0.1) is 23.4 Å². The number of halogens is 3. The molecule has 0 bridgehead atoms. The molecular weight excluding hydrogens is 562 g/mol. The maximum absolute atomic E-state index is 13.8. The zero-order chi connectivity index (χ0) is 29.2. The van der Waals surface area contributed by atoms with Crippen molar-refractivity contribution in [3.8, 4) is 0 Å². The number of amides is 2. The maximum Gasteiger partial charge on any atom is 0.411 e. The predicted octanol–water partition coefficient (Wildman–Crippen LogP) is 1.95. The zero-order valence-electron chi connectivity index (χ0n) is 22.8. The van der Waals surface area contributed by atoms with Gasteiger partial charge in [-0.2, -0.15) is 0 Å². The Kier molecular flexibility index (Phi) is 11.1. The summed E-state index contributed by atoms with van der Waals surface area (Å²) in [5, 5.41) is 33.3. The largest absolute Gasteiger partial charge is 0.444 e. The Bertz CT molecular complexity index is 851. The minimum absolute atomic E-state index is 0.0838. The van der Waals surface area contributed by atoms with E-state index in [1.54, 1.807) is 34.0 Å². The normalized spacial score (nSPS) is 37.1. The summed E-state index contributed by atoms with van der Waals surface area (Å²) in [5.41, 5.74) is -1.73. The van der Waals surface area contributed by atoms with Gasteiger partial charge in [0.1, 0.15) is 41.5 Å². The number of carbonyl (C=O) groups is 2. The summed E-state index contributed by atoms with van der Waals surface area (Å²) in [6.07, 6.45) is -7.46. The van der Waals surface area contributed by atoms with Gasteiger partial charge in [0.2, 0.25) is 12.3 Å².